The highest BCUT2D eigenvalue weighted by molar-refractivity contribution is 5.68. The number of rotatable bonds is 2. The number of hydrogen-bond acceptors (Lipinski definition) is 5. The van der Waals surface area contributed by atoms with E-state index in [9.17, 15) is 19.2 Å². The lowest BCUT2D eigenvalue weighted by atomic mass is 9.95. The molecule has 0 spiro atoms. The quantitative estimate of drug-likeness (QED) is 0.730. The van der Waals surface area contributed by atoms with Crippen LogP contribution in [0.2, 0.25) is 0 Å². The zero-order valence-electron chi connectivity index (χ0n) is 10.8. The molecule has 1 aromatic carbocycles. The van der Waals surface area contributed by atoms with Crippen LogP contribution >= 0.6 is 0 Å². The van der Waals surface area contributed by atoms with Gasteiger partial charge in [0.05, 0.1) is 0 Å². The second-order valence-corrected chi connectivity index (χ2v) is 5.07. The molecule has 0 amide bonds. The Bertz CT molecular complexity index is 903. The van der Waals surface area contributed by atoms with Gasteiger partial charge in [0.2, 0.25) is 10.9 Å². The van der Waals surface area contributed by atoms with Crippen molar-refractivity contribution in [2.45, 2.75) is 25.7 Å². The van der Waals surface area contributed by atoms with E-state index in [2.05, 4.69) is 4.98 Å². The van der Waals surface area contributed by atoms with Gasteiger partial charge in [-0.2, -0.15) is 0 Å². The monoisotopic (exact) mass is 269 g/mol. The molecule has 1 aromatic heterocycles. The van der Waals surface area contributed by atoms with Gasteiger partial charge >= 0.3 is 0 Å². The van der Waals surface area contributed by atoms with Crippen LogP contribution in [-0.4, -0.2) is 4.98 Å². The molecule has 0 bridgehead atoms. The third kappa shape index (κ3) is 1.82. The van der Waals surface area contributed by atoms with Crippen molar-refractivity contribution in [2.24, 2.45) is 0 Å². The van der Waals surface area contributed by atoms with Crippen molar-refractivity contribution in [3.8, 4) is 11.1 Å². The van der Waals surface area contributed by atoms with E-state index in [1.165, 1.54) is 6.20 Å². The number of hydrogen-bond donors (Lipinski definition) is 0. The van der Waals surface area contributed by atoms with E-state index in [0.29, 0.717) is 11.3 Å². The molecular weight excluding hydrogens is 258 g/mol. The lowest BCUT2D eigenvalue weighted by Gasteiger charge is -2.06. The van der Waals surface area contributed by atoms with Crippen LogP contribution in [0.5, 0.6) is 0 Å². The van der Waals surface area contributed by atoms with Crippen LogP contribution in [0.15, 0.2) is 37.5 Å². The fourth-order valence-electron chi connectivity index (χ4n) is 2.43. The summed E-state index contributed by atoms with van der Waals surface area (Å²) in [7, 11) is 0. The van der Waals surface area contributed by atoms with E-state index in [-0.39, 0.29) is 17.0 Å². The molecule has 1 fully saturated rings. The smallest absolute Gasteiger partial charge is 0.277 e. The van der Waals surface area contributed by atoms with E-state index < -0.39 is 21.7 Å². The van der Waals surface area contributed by atoms with E-state index >= 15 is 0 Å². The first kappa shape index (κ1) is 12.6. The third-order valence-electron chi connectivity index (χ3n) is 3.53. The Kier molecular flexibility index (Phi) is 2.71. The summed E-state index contributed by atoms with van der Waals surface area (Å²) in [6.07, 6.45) is 3.05. The maximum Gasteiger partial charge on any atom is 0.277 e. The van der Waals surface area contributed by atoms with Gasteiger partial charge < -0.3 is 0 Å². The van der Waals surface area contributed by atoms with E-state index in [1.807, 2.05) is 0 Å². The lowest BCUT2D eigenvalue weighted by Crippen LogP contribution is -2.49. The summed E-state index contributed by atoms with van der Waals surface area (Å²) in [4.78, 5) is 51.4. The highest BCUT2D eigenvalue weighted by Crippen LogP contribution is 2.41. The van der Waals surface area contributed by atoms with Gasteiger partial charge in [-0.05, 0) is 43.4 Å². The van der Waals surface area contributed by atoms with Crippen molar-refractivity contribution >= 4 is 0 Å². The molecule has 100 valence electrons. The highest BCUT2D eigenvalue weighted by atomic mass is 16.2. The van der Waals surface area contributed by atoms with Crippen LogP contribution < -0.4 is 21.7 Å². The van der Waals surface area contributed by atoms with Crippen LogP contribution in [0, 0.1) is 6.92 Å². The van der Waals surface area contributed by atoms with Gasteiger partial charge in [0.25, 0.3) is 10.9 Å². The minimum atomic E-state index is -1.23. The fraction of sp³-hybridized carbons (Fsp3) is 0.267. The van der Waals surface area contributed by atoms with E-state index in [0.717, 1.165) is 12.8 Å². The number of benzene rings is 1. The molecule has 0 atom stereocenters. The standard InChI is InChI=1S/C15H11NO4/c1-7-6-9(4-5-16-7)11-10(8-2-3-8)12(17)14(19)15(20)13(11)18/h4-6,8H,2-3H2,1H3. The van der Waals surface area contributed by atoms with Gasteiger partial charge in [-0.25, -0.2) is 0 Å². The molecule has 5 nitrogen and oxygen atoms in total. The molecule has 1 heterocycles. The van der Waals surface area contributed by atoms with Crippen molar-refractivity contribution in [1.29, 1.82) is 0 Å². The number of aryl methyl sites for hydroxylation is 1. The highest BCUT2D eigenvalue weighted by Gasteiger charge is 2.32. The van der Waals surface area contributed by atoms with Crippen LogP contribution in [-0.2, 0) is 0 Å². The fourth-order valence-corrected chi connectivity index (χ4v) is 2.43. The van der Waals surface area contributed by atoms with Crippen molar-refractivity contribution in [3.63, 3.8) is 0 Å². The average Bonchev–Trinajstić information content (AvgIpc) is 3.24. The van der Waals surface area contributed by atoms with Gasteiger partial charge in [-0.15, -0.1) is 0 Å². The summed E-state index contributed by atoms with van der Waals surface area (Å²) < 4.78 is 0. The van der Waals surface area contributed by atoms with Crippen LogP contribution in [0.1, 0.15) is 30.0 Å². The molecule has 3 rings (SSSR count). The van der Waals surface area contributed by atoms with Crippen molar-refractivity contribution in [3.05, 3.63) is 70.5 Å². The molecule has 0 aliphatic heterocycles. The Balaban J connectivity index is 2.47. The van der Waals surface area contributed by atoms with Gasteiger partial charge in [-0.1, -0.05) is 0 Å². The maximum absolute atomic E-state index is 12.1. The minimum Gasteiger partial charge on any atom is -0.285 e. The van der Waals surface area contributed by atoms with Crippen LogP contribution in [0.25, 0.3) is 11.1 Å². The Labute approximate surface area is 113 Å². The Morgan fingerprint density at radius 1 is 1.00 bits per heavy atom. The molecule has 0 N–H and O–H groups in total. The number of pyridine rings is 1. The van der Waals surface area contributed by atoms with Crippen LogP contribution in [0.4, 0.5) is 0 Å². The van der Waals surface area contributed by atoms with Crippen LogP contribution in [0.3, 0.4) is 0 Å². The second-order valence-electron chi connectivity index (χ2n) is 5.07. The molecule has 0 saturated heterocycles. The maximum atomic E-state index is 12.1. The summed E-state index contributed by atoms with van der Waals surface area (Å²) in [6.45, 7) is 1.75. The zero-order valence-corrected chi connectivity index (χ0v) is 10.8. The normalized spacial score (nSPS) is 14.4. The molecule has 1 aliphatic rings. The van der Waals surface area contributed by atoms with Crippen molar-refractivity contribution < 1.29 is 0 Å². The first-order chi connectivity index (χ1) is 9.50. The lowest BCUT2D eigenvalue weighted by molar-refractivity contribution is 1.08. The predicted octanol–water partition coefficient (Wildman–Crippen LogP) is 0.251. The van der Waals surface area contributed by atoms with E-state index in [4.69, 9.17) is 0 Å². The topological polar surface area (TPSA) is 81.2 Å². The molecule has 0 radical (unpaired) electrons. The average molecular weight is 269 g/mol. The van der Waals surface area contributed by atoms with Crippen molar-refractivity contribution in [1.82, 2.24) is 4.98 Å². The molecule has 20 heavy (non-hydrogen) atoms. The molecule has 0 unspecified atom stereocenters. The molecule has 1 aliphatic carbocycles. The van der Waals surface area contributed by atoms with Gasteiger partial charge in [-0.3, -0.25) is 24.2 Å². The number of aromatic nitrogens is 1. The Morgan fingerprint density at radius 2 is 1.65 bits per heavy atom. The Hall–Kier alpha value is -2.43. The van der Waals surface area contributed by atoms with Gasteiger partial charge in [0.1, 0.15) is 0 Å². The largest absolute Gasteiger partial charge is 0.285 e. The summed E-state index contributed by atoms with van der Waals surface area (Å²) in [5.41, 5.74) is -2.66. The minimum absolute atomic E-state index is 0.0769. The summed E-state index contributed by atoms with van der Waals surface area (Å²) in [5.74, 6) is -0.0769. The first-order valence-electron chi connectivity index (χ1n) is 6.35. The molecule has 1 saturated carbocycles. The van der Waals surface area contributed by atoms with E-state index in [1.54, 1.807) is 19.1 Å². The second kappa shape index (κ2) is 4.30. The van der Waals surface area contributed by atoms with Gasteiger partial charge in [0, 0.05) is 23.0 Å². The summed E-state index contributed by atoms with van der Waals surface area (Å²) in [6, 6.07) is 3.23. The molecule has 2 aromatic rings. The first-order valence-corrected chi connectivity index (χ1v) is 6.35. The van der Waals surface area contributed by atoms with Gasteiger partial charge in [0.15, 0.2) is 0 Å². The third-order valence-corrected chi connectivity index (χ3v) is 3.53. The SMILES string of the molecule is Cc1cc(-c2c(C3CC3)c(=O)c(=O)c(=O)c2=O)ccn1. The summed E-state index contributed by atoms with van der Waals surface area (Å²) in [5, 5.41) is 0. The predicted molar refractivity (Wildman–Crippen MR) is 73.8 cm³/mol. The van der Waals surface area contributed by atoms with Crippen molar-refractivity contribution in [2.75, 3.05) is 0 Å². The Morgan fingerprint density at radius 3 is 2.25 bits per heavy atom. The summed E-state index contributed by atoms with van der Waals surface area (Å²) >= 11 is 0. The zero-order chi connectivity index (χ0) is 14.4. The number of nitrogens with zero attached hydrogens (tertiary/aromatic N) is 1. The molecular formula is C15H11NO4. The molecule has 5 heteroatoms.